The Balaban J connectivity index is 1.41. The second-order valence-electron chi connectivity index (χ2n) is 6.62. The van der Waals surface area contributed by atoms with Crippen LogP contribution >= 0.6 is 0 Å². The molecule has 0 spiro atoms. The second kappa shape index (κ2) is 6.69. The fourth-order valence-corrected chi connectivity index (χ4v) is 3.39. The zero-order chi connectivity index (χ0) is 17.2. The Morgan fingerprint density at radius 1 is 0.960 bits per heavy atom. The smallest absolute Gasteiger partial charge is 0.268 e. The predicted molar refractivity (Wildman–Crippen MR) is 101 cm³/mol. The van der Waals surface area contributed by atoms with Crippen molar-refractivity contribution in [3.8, 4) is 0 Å². The zero-order valence-electron chi connectivity index (χ0n) is 14.4. The molecule has 0 N–H and O–H groups in total. The Kier molecular flexibility index (Phi) is 4.24. The Hall–Kier alpha value is -2.66. The lowest BCUT2D eigenvalue weighted by Crippen LogP contribution is -2.46. The summed E-state index contributed by atoms with van der Waals surface area (Å²) in [5.41, 5.74) is 2.21. The fraction of sp³-hybridized carbons (Fsp3) is 0.300. The highest BCUT2D eigenvalue weighted by Gasteiger charge is 2.18. The van der Waals surface area contributed by atoms with Gasteiger partial charge in [-0.05, 0) is 22.4 Å². The van der Waals surface area contributed by atoms with E-state index in [2.05, 4.69) is 57.4 Å². The van der Waals surface area contributed by atoms with Crippen molar-refractivity contribution in [2.45, 2.75) is 6.54 Å². The van der Waals surface area contributed by atoms with Crippen LogP contribution in [0.5, 0.6) is 0 Å². The molecule has 0 bridgehead atoms. The summed E-state index contributed by atoms with van der Waals surface area (Å²) in [5.74, 6) is 0. The first kappa shape index (κ1) is 15.8. The number of nitrogens with zero attached hydrogens (tertiary/aromatic N) is 4. The van der Waals surface area contributed by atoms with Gasteiger partial charge in [0.05, 0.1) is 11.9 Å². The molecule has 25 heavy (non-hydrogen) atoms. The Bertz CT molecular complexity index is 942. The Labute approximate surface area is 147 Å². The van der Waals surface area contributed by atoms with Crippen molar-refractivity contribution in [2.75, 3.05) is 31.1 Å². The summed E-state index contributed by atoms with van der Waals surface area (Å²) in [6, 6.07) is 16.9. The van der Waals surface area contributed by atoms with Gasteiger partial charge >= 0.3 is 0 Å². The largest absolute Gasteiger partial charge is 0.368 e. The van der Waals surface area contributed by atoms with Gasteiger partial charge in [-0.2, -0.15) is 5.10 Å². The van der Waals surface area contributed by atoms with Crippen LogP contribution in [-0.4, -0.2) is 40.9 Å². The standard InChI is InChI=1S/C20H22N4O/c1-22-20(25)13-19(14-21-22)24-10-8-23(9-11-24)15-16-6-7-17-4-2-3-5-18(17)12-16/h2-7,12-14H,8-11,15H2,1H3. The molecule has 0 atom stereocenters. The topological polar surface area (TPSA) is 41.4 Å². The maximum absolute atomic E-state index is 11.8. The molecule has 4 rings (SSSR count). The molecule has 1 aromatic heterocycles. The molecular weight excluding hydrogens is 312 g/mol. The van der Waals surface area contributed by atoms with E-state index in [1.165, 1.54) is 21.0 Å². The molecule has 1 saturated heterocycles. The highest BCUT2D eigenvalue weighted by Crippen LogP contribution is 2.18. The lowest BCUT2D eigenvalue weighted by Gasteiger charge is -2.35. The second-order valence-corrected chi connectivity index (χ2v) is 6.62. The van der Waals surface area contributed by atoms with E-state index >= 15 is 0 Å². The molecule has 5 nitrogen and oxygen atoms in total. The third-order valence-corrected chi connectivity index (χ3v) is 4.91. The zero-order valence-corrected chi connectivity index (χ0v) is 14.4. The van der Waals surface area contributed by atoms with Crippen LogP contribution < -0.4 is 10.5 Å². The number of fused-ring (bicyclic) bond motifs is 1. The molecule has 2 heterocycles. The van der Waals surface area contributed by atoms with Gasteiger partial charge in [0.15, 0.2) is 0 Å². The number of rotatable bonds is 3. The van der Waals surface area contributed by atoms with Crippen molar-refractivity contribution < 1.29 is 0 Å². The summed E-state index contributed by atoms with van der Waals surface area (Å²) in [6.07, 6.45) is 1.78. The summed E-state index contributed by atoms with van der Waals surface area (Å²) < 4.78 is 1.36. The third kappa shape index (κ3) is 3.42. The average molecular weight is 334 g/mol. The monoisotopic (exact) mass is 334 g/mol. The molecule has 0 unspecified atom stereocenters. The number of piperazine rings is 1. The summed E-state index contributed by atoms with van der Waals surface area (Å²) in [6.45, 7) is 4.78. The van der Waals surface area contributed by atoms with E-state index in [4.69, 9.17) is 0 Å². The minimum atomic E-state index is -0.0592. The number of benzene rings is 2. The van der Waals surface area contributed by atoms with Gasteiger partial charge in [-0.3, -0.25) is 9.69 Å². The van der Waals surface area contributed by atoms with Crippen LogP contribution in [0.15, 0.2) is 59.5 Å². The number of hydrogen-bond donors (Lipinski definition) is 0. The maximum atomic E-state index is 11.8. The van der Waals surface area contributed by atoms with Gasteiger partial charge in [0, 0.05) is 45.8 Å². The molecule has 0 saturated carbocycles. The average Bonchev–Trinajstić information content (AvgIpc) is 2.65. The summed E-state index contributed by atoms with van der Waals surface area (Å²) >= 11 is 0. The van der Waals surface area contributed by atoms with Gasteiger partial charge in [0.2, 0.25) is 0 Å². The summed E-state index contributed by atoms with van der Waals surface area (Å²) in [7, 11) is 1.67. The minimum Gasteiger partial charge on any atom is -0.368 e. The molecule has 1 fully saturated rings. The molecule has 0 aliphatic carbocycles. The van der Waals surface area contributed by atoms with Crippen LogP contribution in [0.3, 0.4) is 0 Å². The van der Waals surface area contributed by atoms with E-state index in [1.54, 1.807) is 19.3 Å². The fourth-order valence-electron chi connectivity index (χ4n) is 3.39. The number of anilines is 1. The maximum Gasteiger partial charge on any atom is 0.268 e. The van der Waals surface area contributed by atoms with Gasteiger partial charge in [-0.15, -0.1) is 0 Å². The first-order valence-corrected chi connectivity index (χ1v) is 8.67. The van der Waals surface area contributed by atoms with Crippen molar-refractivity contribution in [2.24, 2.45) is 7.05 Å². The lowest BCUT2D eigenvalue weighted by atomic mass is 10.1. The van der Waals surface area contributed by atoms with Gasteiger partial charge < -0.3 is 4.90 Å². The first-order valence-electron chi connectivity index (χ1n) is 8.67. The van der Waals surface area contributed by atoms with E-state index in [0.717, 1.165) is 38.4 Å². The molecule has 3 aromatic rings. The molecule has 1 aliphatic rings. The third-order valence-electron chi connectivity index (χ3n) is 4.91. The van der Waals surface area contributed by atoms with E-state index in [1.807, 2.05) is 0 Å². The summed E-state index contributed by atoms with van der Waals surface area (Å²) in [4.78, 5) is 16.5. The van der Waals surface area contributed by atoms with Crippen LogP contribution in [0.4, 0.5) is 5.69 Å². The van der Waals surface area contributed by atoms with Crippen molar-refractivity contribution in [1.29, 1.82) is 0 Å². The Morgan fingerprint density at radius 3 is 2.48 bits per heavy atom. The van der Waals surface area contributed by atoms with E-state index in [9.17, 15) is 4.79 Å². The number of aryl methyl sites for hydroxylation is 1. The quantitative estimate of drug-likeness (QED) is 0.737. The number of hydrogen-bond acceptors (Lipinski definition) is 4. The van der Waals surface area contributed by atoms with Crippen molar-refractivity contribution in [1.82, 2.24) is 14.7 Å². The van der Waals surface area contributed by atoms with Crippen LogP contribution in [0.25, 0.3) is 10.8 Å². The summed E-state index contributed by atoms with van der Waals surface area (Å²) in [5, 5.41) is 6.70. The van der Waals surface area contributed by atoms with Crippen LogP contribution in [0, 0.1) is 0 Å². The molecule has 0 amide bonds. The van der Waals surface area contributed by atoms with Gasteiger partial charge in [-0.25, -0.2) is 4.68 Å². The van der Waals surface area contributed by atoms with Crippen molar-refractivity contribution >= 4 is 16.5 Å². The van der Waals surface area contributed by atoms with Gasteiger partial charge in [0.1, 0.15) is 0 Å². The van der Waals surface area contributed by atoms with Crippen LogP contribution in [0.2, 0.25) is 0 Å². The lowest BCUT2D eigenvalue weighted by molar-refractivity contribution is 0.250. The van der Waals surface area contributed by atoms with E-state index < -0.39 is 0 Å². The highest BCUT2D eigenvalue weighted by molar-refractivity contribution is 5.82. The van der Waals surface area contributed by atoms with E-state index in [-0.39, 0.29) is 5.56 Å². The molecule has 1 aliphatic heterocycles. The Morgan fingerprint density at radius 2 is 1.72 bits per heavy atom. The first-order chi connectivity index (χ1) is 12.2. The molecule has 5 heteroatoms. The molecule has 0 radical (unpaired) electrons. The molecule has 128 valence electrons. The molecule has 2 aromatic carbocycles. The van der Waals surface area contributed by atoms with Gasteiger partial charge in [0.25, 0.3) is 5.56 Å². The SMILES string of the molecule is Cn1ncc(N2CCN(Cc3ccc4ccccc4c3)CC2)cc1=O. The molecular formula is C20H22N4O. The van der Waals surface area contributed by atoms with Crippen molar-refractivity contribution in [3.63, 3.8) is 0 Å². The van der Waals surface area contributed by atoms with E-state index in [0.29, 0.717) is 0 Å². The van der Waals surface area contributed by atoms with Crippen LogP contribution in [0.1, 0.15) is 5.56 Å². The van der Waals surface area contributed by atoms with Crippen molar-refractivity contribution in [3.05, 3.63) is 70.6 Å². The highest BCUT2D eigenvalue weighted by atomic mass is 16.1. The number of aromatic nitrogens is 2. The predicted octanol–water partition coefficient (Wildman–Crippen LogP) is 2.26. The minimum absolute atomic E-state index is 0.0592. The van der Waals surface area contributed by atoms with Gasteiger partial charge in [-0.1, -0.05) is 36.4 Å². The van der Waals surface area contributed by atoms with Crippen LogP contribution in [-0.2, 0) is 13.6 Å². The normalized spacial score (nSPS) is 15.6.